The second-order valence-corrected chi connectivity index (χ2v) is 6.71. The number of benzene rings is 2. The van der Waals surface area contributed by atoms with Crippen LogP contribution in [0.15, 0.2) is 71.9 Å². The molecule has 0 fully saturated rings. The Balaban J connectivity index is 1.87. The number of hydrogen-bond donors (Lipinski definition) is 1. The molecule has 2 aromatic carbocycles. The quantitative estimate of drug-likeness (QED) is 0.781. The zero-order valence-electron chi connectivity index (χ0n) is 12.3. The van der Waals surface area contributed by atoms with Gasteiger partial charge in [0.05, 0.1) is 10.6 Å². The van der Waals surface area contributed by atoms with E-state index in [1.54, 1.807) is 36.7 Å². The van der Waals surface area contributed by atoms with Crippen molar-refractivity contribution in [1.29, 1.82) is 0 Å². The van der Waals surface area contributed by atoms with Gasteiger partial charge < -0.3 is 0 Å². The minimum Gasteiger partial charge on any atom is -0.279 e. The van der Waals surface area contributed by atoms with Crippen molar-refractivity contribution >= 4 is 15.7 Å². The van der Waals surface area contributed by atoms with Gasteiger partial charge in [-0.05, 0) is 47.5 Å². The van der Waals surface area contributed by atoms with E-state index in [9.17, 15) is 17.2 Å². The first-order valence-corrected chi connectivity index (χ1v) is 8.42. The smallest absolute Gasteiger partial charge is 0.261 e. The Bertz CT molecular complexity index is 939. The van der Waals surface area contributed by atoms with Crippen LogP contribution in [0.1, 0.15) is 0 Å². The summed E-state index contributed by atoms with van der Waals surface area (Å²) in [5.74, 6) is -1.72. The van der Waals surface area contributed by atoms with Gasteiger partial charge in [-0.1, -0.05) is 12.1 Å². The molecular formula is C17H12F2N2O2S. The number of halogens is 2. The van der Waals surface area contributed by atoms with E-state index in [0.29, 0.717) is 6.07 Å². The number of rotatable bonds is 4. The molecule has 0 amide bonds. The summed E-state index contributed by atoms with van der Waals surface area (Å²) in [6.07, 6.45) is 3.28. The lowest BCUT2D eigenvalue weighted by Crippen LogP contribution is -2.13. The molecule has 1 aromatic heterocycles. The summed E-state index contributed by atoms with van der Waals surface area (Å²) < 4.78 is 53.1. The molecule has 0 aliphatic heterocycles. The van der Waals surface area contributed by atoms with Crippen molar-refractivity contribution < 1.29 is 17.2 Å². The zero-order valence-corrected chi connectivity index (χ0v) is 13.1. The van der Waals surface area contributed by atoms with Crippen molar-refractivity contribution in [1.82, 2.24) is 4.98 Å². The maximum atomic E-state index is 13.2. The fourth-order valence-corrected chi connectivity index (χ4v) is 3.24. The van der Waals surface area contributed by atoms with Gasteiger partial charge in [0.2, 0.25) is 0 Å². The van der Waals surface area contributed by atoms with Crippen molar-refractivity contribution in [3.8, 4) is 11.1 Å². The van der Waals surface area contributed by atoms with Crippen LogP contribution >= 0.6 is 0 Å². The van der Waals surface area contributed by atoms with Crippen molar-refractivity contribution in [2.24, 2.45) is 0 Å². The second-order valence-electron chi connectivity index (χ2n) is 5.02. The highest BCUT2D eigenvalue weighted by Crippen LogP contribution is 2.22. The highest BCUT2D eigenvalue weighted by atomic mass is 32.2. The van der Waals surface area contributed by atoms with E-state index in [4.69, 9.17) is 0 Å². The molecule has 3 rings (SSSR count). The molecule has 122 valence electrons. The molecule has 0 bridgehead atoms. The van der Waals surface area contributed by atoms with Crippen LogP contribution in [0.25, 0.3) is 11.1 Å². The van der Waals surface area contributed by atoms with Crippen LogP contribution < -0.4 is 4.72 Å². The molecule has 7 heteroatoms. The van der Waals surface area contributed by atoms with E-state index in [1.807, 2.05) is 0 Å². The van der Waals surface area contributed by atoms with Crippen molar-refractivity contribution in [3.63, 3.8) is 0 Å². The van der Waals surface area contributed by atoms with Crippen LogP contribution in [0.3, 0.4) is 0 Å². The maximum Gasteiger partial charge on any atom is 0.261 e. The largest absolute Gasteiger partial charge is 0.279 e. The van der Waals surface area contributed by atoms with Crippen LogP contribution in [0, 0.1) is 11.6 Å². The Hall–Kier alpha value is -2.80. The fraction of sp³-hybridized carbons (Fsp3) is 0. The Labute approximate surface area is 137 Å². The summed E-state index contributed by atoms with van der Waals surface area (Å²) >= 11 is 0. The van der Waals surface area contributed by atoms with E-state index in [1.165, 1.54) is 12.1 Å². The first-order chi connectivity index (χ1) is 11.4. The molecule has 0 aliphatic carbocycles. The van der Waals surface area contributed by atoms with E-state index < -0.39 is 21.7 Å². The second kappa shape index (κ2) is 6.37. The lowest BCUT2D eigenvalue weighted by molar-refractivity contribution is 0.584. The van der Waals surface area contributed by atoms with E-state index in [2.05, 4.69) is 9.71 Å². The molecule has 0 atom stereocenters. The van der Waals surface area contributed by atoms with Crippen molar-refractivity contribution in [2.45, 2.75) is 4.90 Å². The summed E-state index contributed by atoms with van der Waals surface area (Å²) in [6.45, 7) is 0. The maximum absolute atomic E-state index is 13.2. The van der Waals surface area contributed by atoms with Gasteiger partial charge in [0.15, 0.2) is 0 Å². The van der Waals surface area contributed by atoms with Gasteiger partial charge in [-0.25, -0.2) is 17.2 Å². The molecule has 0 unspecified atom stereocenters. The van der Waals surface area contributed by atoms with Crippen LogP contribution in [0.5, 0.6) is 0 Å². The number of nitrogens with zero attached hydrogens (tertiary/aromatic N) is 1. The number of pyridine rings is 1. The molecule has 1 heterocycles. The van der Waals surface area contributed by atoms with Gasteiger partial charge in [0, 0.05) is 18.5 Å². The molecule has 4 nitrogen and oxygen atoms in total. The van der Waals surface area contributed by atoms with E-state index in [0.717, 1.165) is 23.3 Å². The van der Waals surface area contributed by atoms with Crippen LogP contribution in [0.4, 0.5) is 14.5 Å². The summed E-state index contributed by atoms with van der Waals surface area (Å²) in [4.78, 5) is 3.91. The van der Waals surface area contributed by atoms with Crippen molar-refractivity contribution in [2.75, 3.05) is 4.72 Å². The summed E-state index contributed by atoms with van der Waals surface area (Å²) in [5, 5.41) is 0. The van der Waals surface area contributed by atoms with Gasteiger partial charge in [-0.3, -0.25) is 9.71 Å². The predicted molar refractivity (Wildman–Crippen MR) is 86.8 cm³/mol. The molecule has 3 aromatic rings. The topological polar surface area (TPSA) is 59.1 Å². The SMILES string of the molecule is O=S(=O)(Nc1cc(F)cc(F)c1)c1ccc(-c2ccncc2)cc1. The third-order valence-corrected chi connectivity index (χ3v) is 4.69. The number of nitrogens with one attached hydrogen (secondary N) is 1. The van der Waals surface area contributed by atoms with Gasteiger partial charge in [-0.2, -0.15) is 0 Å². The Morgan fingerprint density at radius 3 is 1.92 bits per heavy atom. The average molecular weight is 346 g/mol. The number of hydrogen-bond acceptors (Lipinski definition) is 3. The summed E-state index contributed by atoms with van der Waals surface area (Å²) in [5.41, 5.74) is 1.55. The third-order valence-electron chi connectivity index (χ3n) is 3.29. The van der Waals surface area contributed by atoms with E-state index >= 15 is 0 Å². The highest BCUT2D eigenvalue weighted by molar-refractivity contribution is 7.92. The lowest BCUT2D eigenvalue weighted by Gasteiger charge is -2.09. The average Bonchev–Trinajstić information content (AvgIpc) is 2.54. The minimum absolute atomic E-state index is 0.00928. The first-order valence-electron chi connectivity index (χ1n) is 6.93. The van der Waals surface area contributed by atoms with Gasteiger partial charge >= 0.3 is 0 Å². The Kier molecular flexibility index (Phi) is 4.26. The summed E-state index contributed by atoms with van der Waals surface area (Å²) in [6, 6.07) is 12.2. The van der Waals surface area contributed by atoms with Gasteiger partial charge in [0.1, 0.15) is 11.6 Å². The molecule has 0 saturated carbocycles. The molecule has 24 heavy (non-hydrogen) atoms. The monoisotopic (exact) mass is 346 g/mol. The standard InChI is InChI=1S/C17H12F2N2O2S/c18-14-9-15(19)11-16(10-14)21-24(22,23)17-3-1-12(2-4-17)13-5-7-20-8-6-13/h1-11,21H. The molecule has 1 N–H and O–H groups in total. The zero-order chi connectivity index (χ0) is 17.2. The van der Waals surface area contributed by atoms with Crippen molar-refractivity contribution in [3.05, 3.63) is 78.6 Å². The Morgan fingerprint density at radius 1 is 0.792 bits per heavy atom. The highest BCUT2D eigenvalue weighted by Gasteiger charge is 2.15. The fourth-order valence-electron chi connectivity index (χ4n) is 2.20. The minimum atomic E-state index is -3.94. The van der Waals surface area contributed by atoms with Gasteiger partial charge in [0.25, 0.3) is 10.0 Å². The Morgan fingerprint density at radius 2 is 1.33 bits per heavy atom. The first kappa shape index (κ1) is 16.1. The number of sulfonamides is 1. The molecule has 0 saturated heterocycles. The number of aromatic nitrogens is 1. The van der Waals surface area contributed by atoms with Crippen LogP contribution in [-0.2, 0) is 10.0 Å². The molecule has 0 radical (unpaired) electrons. The van der Waals surface area contributed by atoms with Crippen LogP contribution in [0.2, 0.25) is 0 Å². The molecule has 0 spiro atoms. The molecule has 0 aliphatic rings. The predicted octanol–water partition coefficient (Wildman–Crippen LogP) is 3.83. The molecular weight excluding hydrogens is 334 g/mol. The third kappa shape index (κ3) is 3.57. The van der Waals surface area contributed by atoms with E-state index in [-0.39, 0.29) is 10.6 Å². The normalized spacial score (nSPS) is 11.2. The van der Waals surface area contributed by atoms with Crippen LogP contribution in [-0.4, -0.2) is 13.4 Å². The van der Waals surface area contributed by atoms with Gasteiger partial charge in [-0.15, -0.1) is 0 Å². The summed E-state index contributed by atoms with van der Waals surface area (Å²) in [7, 11) is -3.94. The lowest BCUT2D eigenvalue weighted by atomic mass is 10.1. The number of anilines is 1.